The molecule has 9 nitrogen and oxygen atoms in total. The van der Waals surface area contributed by atoms with Gasteiger partial charge in [-0.1, -0.05) is 53.2 Å². The zero-order valence-electron chi connectivity index (χ0n) is 21.2. The monoisotopic (exact) mass is 586 g/mol. The fourth-order valence-electron chi connectivity index (χ4n) is 4.43. The number of hydrogen-bond donors (Lipinski definition) is 1. The molecule has 41 heavy (non-hydrogen) atoms. The van der Waals surface area contributed by atoms with Crippen LogP contribution in [0, 0.1) is 5.82 Å². The highest BCUT2D eigenvalue weighted by molar-refractivity contribution is 7.16. The molecule has 0 aliphatic rings. The van der Waals surface area contributed by atoms with Crippen molar-refractivity contribution in [2.75, 3.05) is 5.32 Å². The van der Waals surface area contributed by atoms with Crippen LogP contribution in [0.4, 0.5) is 10.2 Å². The van der Waals surface area contributed by atoms with Gasteiger partial charge in [0.05, 0.1) is 23.1 Å². The second kappa shape index (κ2) is 11.3. The van der Waals surface area contributed by atoms with Gasteiger partial charge in [0.15, 0.2) is 17.3 Å². The van der Waals surface area contributed by atoms with E-state index in [1.165, 1.54) is 35.8 Å². The summed E-state index contributed by atoms with van der Waals surface area (Å²) in [6, 6.07) is 20.6. The zero-order valence-corrected chi connectivity index (χ0v) is 22.8. The van der Waals surface area contributed by atoms with Crippen molar-refractivity contribution >= 4 is 34.7 Å². The van der Waals surface area contributed by atoms with Gasteiger partial charge >= 0.3 is 5.91 Å². The van der Waals surface area contributed by atoms with E-state index in [1.807, 2.05) is 36.4 Å². The van der Waals surface area contributed by atoms with Gasteiger partial charge in [-0.3, -0.25) is 14.6 Å². The molecule has 0 bridgehead atoms. The number of nitrogens with zero attached hydrogens (tertiary/aromatic N) is 5. The molecule has 0 spiro atoms. The molecule has 6 aromatic rings. The normalized spacial score (nSPS) is 11.1. The summed E-state index contributed by atoms with van der Waals surface area (Å²) >= 11 is 7.39. The molecule has 0 unspecified atom stereocenters. The number of benzene rings is 1. The van der Waals surface area contributed by atoms with E-state index < -0.39 is 11.7 Å². The molecule has 0 radical (unpaired) electrons. The predicted octanol–water partition coefficient (Wildman–Crippen LogP) is 5.96. The van der Waals surface area contributed by atoms with Crippen molar-refractivity contribution in [3.63, 3.8) is 0 Å². The van der Waals surface area contributed by atoms with Crippen LogP contribution in [0.1, 0.15) is 20.9 Å². The third-order valence-electron chi connectivity index (χ3n) is 6.29. The highest BCUT2D eigenvalue weighted by Gasteiger charge is 2.28. The van der Waals surface area contributed by atoms with Gasteiger partial charge in [-0.25, -0.2) is 4.39 Å². The Morgan fingerprint density at radius 2 is 1.90 bits per heavy atom. The molecular formula is C29H20ClFN6O3S. The number of aromatic nitrogens is 5. The molecule has 204 valence electrons. The summed E-state index contributed by atoms with van der Waals surface area (Å²) in [5, 5.41) is 11.1. The van der Waals surface area contributed by atoms with Crippen LogP contribution >= 0.6 is 22.9 Å². The Kier molecular flexibility index (Phi) is 7.28. The summed E-state index contributed by atoms with van der Waals surface area (Å²) in [4.78, 5) is 31.5. The molecule has 0 saturated carbocycles. The number of carbonyl (C=O) groups excluding carboxylic acids is 1. The Morgan fingerprint density at radius 3 is 2.61 bits per heavy atom. The van der Waals surface area contributed by atoms with Gasteiger partial charge in [0.2, 0.25) is 0 Å². The molecule has 6 rings (SSSR count). The van der Waals surface area contributed by atoms with Gasteiger partial charge in [-0.05, 0) is 35.4 Å². The topological polar surface area (TPSA) is 108 Å². The highest BCUT2D eigenvalue weighted by Crippen LogP contribution is 2.35. The quantitative estimate of drug-likeness (QED) is 0.234. The van der Waals surface area contributed by atoms with Crippen LogP contribution < -0.4 is 10.9 Å². The minimum atomic E-state index is -0.770. The van der Waals surface area contributed by atoms with Crippen LogP contribution in [-0.2, 0) is 13.1 Å². The van der Waals surface area contributed by atoms with E-state index in [0.717, 1.165) is 15.1 Å². The molecule has 0 fully saturated rings. The molecule has 5 heterocycles. The van der Waals surface area contributed by atoms with Gasteiger partial charge in [-0.15, -0.1) is 11.3 Å². The lowest BCUT2D eigenvalue weighted by atomic mass is 10.0. The molecule has 0 aliphatic heterocycles. The summed E-state index contributed by atoms with van der Waals surface area (Å²) in [5.41, 5.74) is 1.76. The third kappa shape index (κ3) is 5.32. The van der Waals surface area contributed by atoms with E-state index in [0.29, 0.717) is 21.2 Å². The largest absolute Gasteiger partial charge is 0.364 e. The average Bonchev–Trinajstić information content (AvgIpc) is 3.75. The minimum absolute atomic E-state index is 0.0499. The molecule has 5 aromatic heterocycles. The number of nitrogens with one attached hydrogen (secondary N) is 1. The molecule has 0 amide bonds. The van der Waals surface area contributed by atoms with Gasteiger partial charge in [0, 0.05) is 35.0 Å². The second-order valence-corrected chi connectivity index (χ2v) is 10.7. The number of anilines is 1. The smallest absolute Gasteiger partial charge is 0.302 e. The summed E-state index contributed by atoms with van der Waals surface area (Å²) in [5.74, 6) is -1.63. The Hall–Kier alpha value is -4.87. The maximum atomic E-state index is 16.4. The fourth-order valence-corrected chi connectivity index (χ4v) is 5.46. The van der Waals surface area contributed by atoms with Gasteiger partial charge in [-0.2, -0.15) is 9.78 Å². The van der Waals surface area contributed by atoms with E-state index in [1.54, 1.807) is 35.2 Å². The molecule has 1 N–H and O–H groups in total. The second-order valence-electron chi connectivity index (χ2n) is 8.92. The molecule has 12 heteroatoms. The minimum Gasteiger partial charge on any atom is -0.364 e. The Bertz CT molecular complexity index is 1890. The number of halogens is 2. The first-order valence-electron chi connectivity index (χ1n) is 12.4. The molecular weight excluding hydrogens is 567 g/mol. The number of rotatable bonds is 8. The van der Waals surface area contributed by atoms with Crippen molar-refractivity contribution in [2.45, 2.75) is 13.1 Å². The number of hydrogen-bond acceptors (Lipinski definition) is 8. The Labute approximate surface area is 241 Å². The fraction of sp³-hybridized carbons (Fsp3) is 0.0690. The van der Waals surface area contributed by atoms with Crippen LogP contribution in [0.5, 0.6) is 0 Å². The number of thiophene rings is 1. The van der Waals surface area contributed by atoms with E-state index in [2.05, 4.69) is 20.6 Å². The van der Waals surface area contributed by atoms with Crippen molar-refractivity contribution < 1.29 is 13.7 Å². The molecule has 1 aromatic carbocycles. The first-order valence-corrected chi connectivity index (χ1v) is 13.6. The first-order chi connectivity index (χ1) is 20.0. The van der Waals surface area contributed by atoms with E-state index >= 15 is 4.39 Å². The van der Waals surface area contributed by atoms with Gasteiger partial charge < -0.3 is 14.4 Å². The van der Waals surface area contributed by atoms with Crippen LogP contribution in [0.25, 0.3) is 22.5 Å². The van der Waals surface area contributed by atoms with E-state index in [4.69, 9.17) is 16.1 Å². The van der Waals surface area contributed by atoms with Crippen molar-refractivity contribution in [3.8, 4) is 22.5 Å². The maximum absolute atomic E-state index is 16.4. The van der Waals surface area contributed by atoms with Crippen molar-refractivity contribution in [1.82, 2.24) is 24.5 Å². The Morgan fingerprint density at radius 1 is 1.05 bits per heavy atom. The number of pyridine rings is 2. The lowest BCUT2D eigenvalue weighted by Crippen LogP contribution is -2.22. The highest BCUT2D eigenvalue weighted by atomic mass is 35.5. The van der Waals surface area contributed by atoms with Gasteiger partial charge in [0.25, 0.3) is 5.56 Å². The molecule has 0 saturated heterocycles. The van der Waals surface area contributed by atoms with Crippen molar-refractivity contribution in [1.29, 1.82) is 0 Å². The van der Waals surface area contributed by atoms with E-state index in [9.17, 15) is 9.59 Å². The van der Waals surface area contributed by atoms with E-state index in [-0.39, 0.29) is 35.9 Å². The third-order valence-corrected chi connectivity index (χ3v) is 7.52. The Balaban J connectivity index is 1.53. The van der Waals surface area contributed by atoms with Crippen LogP contribution in [0.3, 0.4) is 0 Å². The number of carbonyl (C=O) groups is 1. The van der Waals surface area contributed by atoms with Crippen molar-refractivity contribution in [2.24, 2.45) is 0 Å². The van der Waals surface area contributed by atoms with Crippen LogP contribution in [0.15, 0.2) is 101 Å². The lowest BCUT2D eigenvalue weighted by Gasteiger charge is -2.17. The summed E-state index contributed by atoms with van der Waals surface area (Å²) in [6.45, 7) is 0.382. The molecule has 0 aliphatic carbocycles. The van der Waals surface area contributed by atoms with Crippen LogP contribution in [-0.4, -0.2) is 30.4 Å². The molecule has 0 atom stereocenters. The lowest BCUT2D eigenvalue weighted by molar-refractivity contribution is 0.0938. The SMILES string of the molecule is O=C(c1ccon1)n1nc(-c2ccc(=O)n(Cc3cccnc3)c2-c2ccccc2)c(F)c1NCc1ccc(Cl)s1. The summed E-state index contributed by atoms with van der Waals surface area (Å²) in [7, 11) is 0. The summed E-state index contributed by atoms with van der Waals surface area (Å²) in [6.07, 6.45) is 4.56. The summed E-state index contributed by atoms with van der Waals surface area (Å²) < 4.78 is 24.3. The van der Waals surface area contributed by atoms with Crippen molar-refractivity contribution in [3.05, 3.63) is 128 Å². The maximum Gasteiger partial charge on any atom is 0.302 e. The van der Waals surface area contributed by atoms with Gasteiger partial charge in [0.1, 0.15) is 12.0 Å². The average molecular weight is 587 g/mol. The zero-order chi connectivity index (χ0) is 28.3. The van der Waals surface area contributed by atoms with Crippen LogP contribution in [0.2, 0.25) is 4.34 Å². The predicted molar refractivity (Wildman–Crippen MR) is 154 cm³/mol. The first kappa shape index (κ1) is 26.4. The standard InChI is InChI=1S/C29H20ClFN6O3S/c30-23-10-8-20(41-23)16-33-28-25(31)26(34-37(28)29(39)22-12-14-40-35-22)21-9-11-24(38)36(17-18-5-4-13-32-15-18)27(21)19-6-2-1-3-7-19/h1-15,33H,16-17H2.